The number of hydrogen-bond acceptors (Lipinski definition) is 2. The number of rotatable bonds is 5. The summed E-state index contributed by atoms with van der Waals surface area (Å²) < 4.78 is 0. The van der Waals surface area contributed by atoms with Crippen LogP contribution >= 0.6 is 11.6 Å². The number of anilines is 1. The maximum absolute atomic E-state index is 5.77. The van der Waals surface area contributed by atoms with E-state index in [1.165, 1.54) is 0 Å². The van der Waals surface area contributed by atoms with Gasteiger partial charge in [0.15, 0.2) is 0 Å². The molecule has 0 amide bonds. The first kappa shape index (κ1) is 11.1. The molecule has 76 valence electrons. The number of nitrogens with one attached hydrogen (secondary N) is 1. The number of hydrogen-bond donors (Lipinski definition) is 1. The summed E-state index contributed by atoms with van der Waals surface area (Å²) in [6, 6.07) is 5.95. The first-order chi connectivity index (χ1) is 6.72. The van der Waals surface area contributed by atoms with Gasteiger partial charge in [0.1, 0.15) is 11.0 Å². The molecular formula is C11H15ClN2. The molecule has 0 saturated heterocycles. The molecule has 1 aromatic rings. The summed E-state index contributed by atoms with van der Waals surface area (Å²) in [5.74, 6) is 0.828. The van der Waals surface area contributed by atoms with Crippen LogP contribution in [-0.4, -0.2) is 11.0 Å². The maximum Gasteiger partial charge on any atom is 0.131 e. The first-order valence-electron chi connectivity index (χ1n) is 4.72. The van der Waals surface area contributed by atoms with Crippen LogP contribution in [0.25, 0.3) is 0 Å². The lowest BCUT2D eigenvalue weighted by Gasteiger charge is -2.13. The summed E-state index contributed by atoms with van der Waals surface area (Å²) in [6.07, 6.45) is 3.98. The third kappa shape index (κ3) is 3.79. The molecule has 2 nitrogen and oxygen atoms in total. The van der Waals surface area contributed by atoms with Gasteiger partial charge in [0, 0.05) is 6.04 Å². The predicted octanol–water partition coefficient (Wildman–Crippen LogP) is 3.50. The van der Waals surface area contributed by atoms with Crippen molar-refractivity contribution in [2.75, 3.05) is 5.32 Å². The van der Waals surface area contributed by atoms with E-state index in [2.05, 4.69) is 23.8 Å². The molecule has 14 heavy (non-hydrogen) atoms. The highest BCUT2D eigenvalue weighted by molar-refractivity contribution is 6.29. The van der Waals surface area contributed by atoms with Crippen LogP contribution in [0.4, 0.5) is 5.82 Å². The summed E-state index contributed by atoms with van der Waals surface area (Å²) in [5.41, 5.74) is 0. The first-order valence-corrected chi connectivity index (χ1v) is 5.10. The van der Waals surface area contributed by atoms with Crippen LogP contribution in [0.15, 0.2) is 30.9 Å². The van der Waals surface area contributed by atoms with Gasteiger partial charge < -0.3 is 5.32 Å². The molecule has 0 aliphatic heterocycles. The second kappa shape index (κ2) is 5.66. The number of pyridine rings is 1. The van der Waals surface area contributed by atoms with Crippen molar-refractivity contribution in [3.8, 4) is 0 Å². The Balaban J connectivity index is 2.47. The summed E-state index contributed by atoms with van der Waals surface area (Å²) in [7, 11) is 0. The van der Waals surface area contributed by atoms with Crippen LogP contribution < -0.4 is 5.32 Å². The van der Waals surface area contributed by atoms with E-state index in [9.17, 15) is 0 Å². The quantitative estimate of drug-likeness (QED) is 0.595. The highest BCUT2D eigenvalue weighted by atomic mass is 35.5. The number of allylic oxidation sites excluding steroid dienone is 1. The highest BCUT2D eigenvalue weighted by Gasteiger charge is 2.01. The third-order valence-corrected chi connectivity index (χ3v) is 2.12. The molecular weight excluding hydrogens is 196 g/mol. The molecule has 0 bridgehead atoms. The van der Waals surface area contributed by atoms with Crippen molar-refractivity contribution in [3.05, 3.63) is 36.0 Å². The van der Waals surface area contributed by atoms with E-state index < -0.39 is 0 Å². The molecule has 0 spiro atoms. The highest BCUT2D eigenvalue weighted by Crippen LogP contribution is 2.11. The van der Waals surface area contributed by atoms with Gasteiger partial charge in [-0.3, -0.25) is 0 Å². The Kier molecular flexibility index (Phi) is 4.47. The fourth-order valence-corrected chi connectivity index (χ4v) is 1.34. The van der Waals surface area contributed by atoms with Crippen LogP contribution in [0.3, 0.4) is 0 Å². The van der Waals surface area contributed by atoms with Crippen molar-refractivity contribution in [2.24, 2.45) is 0 Å². The molecule has 0 aliphatic carbocycles. The fourth-order valence-electron chi connectivity index (χ4n) is 1.18. The minimum absolute atomic E-state index is 0.388. The van der Waals surface area contributed by atoms with E-state index in [0.717, 1.165) is 18.7 Å². The van der Waals surface area contributed by atoms with Gasteiger partial charge in [0.2, 0.25) is 0 Å². The average molecular weight is 211 g/mol. The minimum Gasteiger partial charge on any atom is -0.368 e. The van der Waals surface area contributed by atoms with E-state index in [1.54, 1.807) is 6.07 Å². The molecule has 3 heteroatoms. The van der Waals surface area contributed by atoms with E-state index in [4.69, 9.17) is 11.6 Å². The SMILES string of the molecule is C=CCCC(C)Nc1cccc(Cl)n1. The zero-order valence-corrected chi connectivity index (χ0v) is 9.09. The zero-order valence-electron chi connectivity index (χ0n) is 8.33. The van der Waals surface area contributed by atoms with Gasteiger partial charge in [0.05, 0.1) is 0 Å². The van der Waals surface area contributed by atoms with Gasteiger partial charge in [-0.15, -0.1) is 6.58 Å². The summed E-state index contributed by atoms with van der Waals surface area (Å²) in [4.78, 5) is 4.15. The molecule has 1 unspecified atom stereocenters. The van der Waals surface area contributed by atoms with Gasteiger partial charge in [-0.25, -0.2) is 4.98 Å². The van der Waals surface area contributed by atoms with Crippen molar-refractivity contribution in [1.82, 2.24) is 4.98 Å². The molecule has 0 fully saturated rings. The Hall–Kier alpha value is -1.02. The van der Waals surface area contributed by atoms with E-state index >= 15 is 0 Å². The number of aromatic nitrogens is 1. The predicted molar refractivity (Wildman–Crippen MR) is 61.8 cm³/mol. The lowest BCUT2D eigenvalue weighted by molar-refractivity contribution is 0.715. The van der Waals surface area contributed by atoms with Crippen molar-refractivity contribution in [3.63, 3.8) is 0 Å². The van der Waals surface area contributed by atoms with Crippen LogP contribution in [0.5, 0.6) is 0 Å². The van der Waals surface area contributed by atoms with Gasteiger partial charge in [-0.05, 0) is 31.9 Å². The molecule has 0 saturated carbocycles. The fraction of sp³-hybridized carbons (Fsp3) is 0.364. The van der Waals surface area contributed by atoms with Crippen molar-refractivity contribution < 1.29 is 0 Å². The molecule has 1 atom stereocenters. The van der Waals surface area contributed by atoms with Crippen molar-refractivity contribution in [1.29, 1.82) is 0 Å². The van der Waals surface area contributed by atoms with Gasteiger partial charge >= 0.3 is 0 Å². The van der Waals surface area contributed by atoms with E-state index in [1.807, 2.05) is 18.2 Å². The molecule has 0 aliphatic rings. The van der Waals surface area contributed by atoms with Crippen LogP contribution in [0.1, 0.15) is 19.8 Å². The molecule has 0 aromatic carbocycles. The topological polar surface area (TPSA) is 24.9 Å². The molecule has 1 heterocycles. The van der Waals surface area contributed by atoms with Gasteiger partial charge in [-0.2, -0.15) is 0 Å². The summed E-state index contributed by atoms with van der Waals surface area (Å²) in [5, 5.41) is 3.79. The molecule has 1 rings (SSSR count). The Morgan fingerprint density at radius 1 is 1.64 bits per heavy atom. The number of nitrogens with zero attached hydrogens (tertiary/aromatic N) is 1. The zero-order chi connectivity index (χ0) is 10.4. The second-order valence-corrected chi connectivity index (χ2v) is 3.64. The van der Waals surface area contributed by atoms with Gasteiger partial charge in [0.25, 0.3) is 0 Å². The Bertz CT molecular complexity index is 299. The third-order valence-electron chi connectivity index (χ3n) is 1.91. The summed E-state index contributed by atoms with van der Waals surface area (Å²) in [6.45, 7) is 5.81. The largest absolute Gasteiger partial charge is 0.368 e. The van der Waals surface area contributed by atoms with Crippen LogP contribution in [0.2, 0.25) is 5.15 Å². The van der Waals surface area contributed by atoms with E-state index in [-0.39, 0.29) is 0 Å². The smallest absolute Gasteiger partial charge is 0.131 e. The lowest BCUT2D eigenvalue weighted by atomic mass is 10.2. The Morgan fingerprint density at radius 3 is 3.07 bits per heavy atom. The minimum atomic E-state index is 0.388. The average Bonchev–Trinajstić information content (AvgIpc) is 2.15. The molecule has 1 N–H and O–H groups in total. The van der Waals surface area contributed by atoms with Crippen LogP contribution in [-0.2, 0) is 0 Å². The molecule has 1 aromatic heterocycles. The number of halogens is 1. The Labute approximate surface area is 90.0 Å². The lowest BCUT2D eigenvalue weighted by Crippen LogP contribution is -2.15. The maximum atomic E-state index is 5.77. The normalized spacial score (nSPS) is 12.1. The van der Waals surface area contributed by atoms with Crippen molar-refractivity contribution >= 4 is 17.4 Å². The monoisotopic (exact) mass is 210 g/mol. The summed E-state index contributed by atoms with van der Waals surface area (Å²) >= 11 is 5.77. The van der Waals surface area contributed by atoms with Crippen molar-refractivity contribution in [2.45, 2.75) is 25.8 Å². The van der Waals surface area contributed by atoms with E-state index in [0.29, 0.717) is 11.2 Å². The molecule has 0 radical (unpaired) electrons. The van der Waals surface area contributed by atoms with Gasteiger partial charge in [-0.1, -0.05) is 23.7 Å². The Morgan fingerprint density at radius 2 is 2.43 bits per heavy atom. The standard InChI is InChI=1S/C11H15ClN2/c1-3-4-6-9(2)13-11-8-5-7-10(12)14-11/h3,5,7-9H,1,4,6H2,2H3,(H,13,14). The second-order valence-electron chi connectivity index (χ2n) is 3.26. The van der Waals surface area contributed by atoms with Crippen LogP contribution in [0, 0.1) is 0 Å².